The summed E-state index contributed by atoms with van der Waals surface area (Å²) in [5, 5.41) is 21.1. The normalized spacial score (nSPS) is 25.1. The van der Waals surface area contributed by atoms with E-state index in [1.807, 2.05) is 0 Å². The molecule has 3 aromatic carbocycles. The van der Waals surface area contributed by atoms with Gasteiger partial charge in [0.15, 0.2) is 18.3 Å². The molecule has 0 spiro atoms. The number of aliphatic hydroxyl groups is 2. The average molecular weight is 507 g/mol. The molecule has 0 radical (unpaired) electrons. The van der Waals surface area contributed by atoms with Gasteiger partial charge in [0.25, 0.3) is 0 Å². The Morgan fingerprint density at radius 3 is 1.49 bits per heavy atom. The highest BCUT2D eigenvalue weighted by atomic mass is 16.7. The van der Waals surface area contributed by atoms with Crippen LogP contribution in [0.2, 0.25) is 0 Å². The lowest BCUT2D eigenvalue weighted by Gasteiger charge is -2.47. The van der Waals surface area contributed by atoms with E-state index in [-0.39, 0.29) is 16.7 Å². The van der Waals surface area contributed by atoms with Crippen molar-refractivity contribution in [2.75, 3.05) is 6.61 Å². The van der Waals surface area contributed by atoms with Crippen LogP contribution in [-0.4, -0.2) is 64.9 Å². The summed E-state index contributed by atoms with van der Waals surface area (Å²) in [7, 11) is 0. The number of hydrogen-bond acceptors (Lipinski definition) is 9. The first kappa shape index (κ1) is 26.0. The molecule has 2 N–H and O–H groups in total. The summed E-state index contributed by atoms with van der Waals surface area (Å²) in [4.78, 5) is 38.9. The van der Waals surface area contributed by atoms with Crippen LogP contribution in [0.15, 0.2) is 91.0 Å². The van der Waals surface area contributed by atoms with Crippen LogP contribution in [0, 0.1) is 0 Å². The number of carbonyl (C=O) groups is 3. The van der Waals surface area contributed by atoms with Crippen molar-refractivity contribution in [1.29, 1.82) is 0 Å². The molecule has 0 unspecified atom stereocenters. The second-order valence-corrected chi connectivity index (χ2v) is 8.56. The van der Waals surface area contributed by atoms with Gasteiger partial charge in [-0.1, -0.05) is 54.6 Å². The maximum atomic E-state index is 13.0. The second-order valence-electron chi connectivity index (χ2n) is 8.56. The van der Waals surface area contributed by atoms with E-state index in [1.54, 1.807) is 54.6 Å². The lowest BCUT2D eigenvalue weighted by molar-refractivity contribution is -0.338. The molecule has 1 saturated heterocycles. The molecule has 1 fully saturated rings. The monoisotopic (exact) mass is 506 g/mol. The molecular formula is C28H26O9. The fraction of sp³-hybridized carbons (Fsp3) is 0.250. The number of rotatable bonds is 7. The molecule has 0 saturated carbocycles. The molecule has 4 rings (SSSR count). The van der Waals surface area contributed by atoms with Crippen LogP contribution in [0.1, 0.15) is 38.0 Å². The van der Waals surface area contributed by atoms with E-state index in [9.17, 15) is 24.6 Å². The quantitative estimate of drug-likeness (QED) is 0.367. The summed E-state index contributed by atoms with van der Waals surface area (Å²) in [5.74, 6) is -4.65. The van der Waals surface area contributed by atoms with Gasteiger partial charge >= 0.3 is 17.9 Å². The van der Waals surface area contributed by atoms with E-state index in [0.29, 0.717) is 0 Å². The Morgan fingerprint density at radius 2 is 1.08 bits per heavy atom. The van der Waals surface area contributed by atoms with Gasteiger partial charge in [0.05, 0.1) is 23.3 Å². The van der Waals surface area contributed by atoms with E-state index in [0.717, 1.165) is 0 Å². The van der Waals surface area contributed by atoms with Gasteiger partial charge in [0.2, 0.25) is 5.79 Å². The summed E-state index contributed by atoms with van der Waals surface area (Å²) in [5.41, 5.74) is 0.548. The van der Waals surface area contributed by atoms with Gasteiger partial charge in [-0.3, -0.25) is 0 Å². The molecule has 1 aliphatic rings. The number of aliphatic hydroxyl groups excluding tert-OH is 1. The molecule has 5 atom stereocenters. The van der Waals surface area contributed by atoms with Gasteiger partial charge in [-0.15, -0.1) is 0 Å². The Balaban J connectivity index is 1.70. The van der Waals surface area contributed by atoms with Crippen molar-refractivity contribution in [3.63, 3.8) is 0 Å². The highest BCUT2D eigenvalue weighted by molar-refractivity contribution is 5.91. The van der Waals surface area contributed by atoms with Crippen LogP contribution in [0.25, 0.3) is 0 Å². The minimum Gasteiger partial charge on any atom is -0.452 e. The highest BCUT2D eigenvalue weighted by Gasteiger charge is 2.57. The predicted octanol–water partition coefficient (Wildman–Crippen LogP) is 2.76. The lowest BCUT2D eigenvalue weighted by Crippen LogP contribution is -2.67. The maximum absolute atomic E-state index is 13.0. The molecule has 1 heterocycles. The van der Waals surface area contributed by atoms with E-state index < -0.39 is 54.7 Å². The van der Waals surface area contributed by atoms with E-state index in [4.69, 9.17) is 18.9 Å². The SMILES string of the molecule is C[C@]1(O)O[C@H](CO)[C@@H](OC(=O)c2ccccc2)[C@H](OC(=O)c2ccccc2)[C@H]1OC(=O)c1ccccc1. The smallest absolute Gasteiger partial charge is 0.338 e. The van der Waals surface area contributed by atoms with Crippen molar-refractivity contribution in [3.05, 3.63) is 108 Å². The molecular weight excluding hydrogens is 480 g/mol. The largest absolute Gasteiger partial charge is 0.452 e. The minimum atomic E-state index is -2.21. The van der Waals surface area contributed by atoms with Crippen molar-refractivity contribution in [1.82, 2.24) is 0 Å². The molecule has 3 aromatic rings. The summed E-state index contributed by atoms with van der Waals surface area (Å²) in [6, 6.07) is 24.0. The molecule has 9 heteroatoms. The number of esters is 3. The van der Waals surface area contributed by atoms with Crippen molar-refractivity contribution < 1.29 is 43.5 Å². The van der Waals surface area contributed by atoms with Crippen molar-refractivity contribution in [2.45, 2.75) is 37.1 Å². The molecule has 0 aromatic heterocycles. The van der Waals surface area contributed by atoms with Gasteiger partial charge < -0.3 is 29.2 Å². The number of carbonyl (C=O) groups excluding carboxylic acids is 3. The van der Waals surface area contributed by atoms with Gasteiger partial charge in [-0.2, -0.15) is 0 Å². The molecule has 0 amide bonds. The van der Waals surface area contributed by atoms with Crippen LogP contribution in [0.3, 0.4) is 0 Å². The Hall–Kier alpha value is -4.05. The number of benzene rings is 3. The number of ether oxygens (including phenoxy) is 4. The third kappa shape index (κ3) is 6.03. The Morgan fingerprint density at radius 1 is 0.703 bits per heavy atom. The zero-order valence-electron chi connectivity index (χ0n) is 19.9. The van der Waals surface area contributed by atoms with Gasteiger partial charge in [0, 0.05) is 0 Å². The standard InChI is InChI=1S/C28H26O9/c1-28(33)24(36-27(32)20-15-9-4-10-16-20)23(35-26(31)19-13-7-3-8-14-19)22(21(17-29)37-28)34-25(30)18-11-5-2-6-12-18/h2-16,21-24,29,33H,17H2,1H3/t21-,22-,23+,24-,28+/m1/s1. The highest BCUT2D eigenvalue weighted by Crippen LogP contribution is 2.35. The maximum Gasteiger partial charge on any atom is 0.338 e. The van der Waals surface area contributed by atoms with E-state index >= 15 is 0 Å². The van der Waals surface area contributed by atoms with E-state index in [2.05, 4.69) is 0 Å². The topological polar surface area (TPSA) is 129 Å². The van der Waals surface area contributed by atoms with Crippen molar-refractivity contribution in [2.24, 2.45) is 0 Å². The molecule has 0 bridgehead atoms. The molecule has 37 heavy (non-hydrogen) atoms. The van der Waals surface area contributed by atoms with Crippen molar-refractivity contribution in [3.8, 4) is 0 Å². The third-order valence-electron chi connectivity index (χ3n) is 5.84. The van der Waals surface area contributed by atoms with Crippen LogP contribution >= 0.6 is 0 Å². The first-order valence-corrected chi connectivity index (χ1v) is 11.6. The Labute approximate surface area is 213 Å². The minimum absolute atomic E-state index is 0.175. The summed E-state index contributed by atoms with van der Waals surface area (Å²) >= 11 is 0. The molecule has 1 aliphatic heterocycles. The Bertz CT molecular complexity index is 1210. The average Bonchev–Trinajstić information content (AvgIpc) is 2.93. The molecule has 192 valence electrons. The van der Waals surface area contributed by atoms with Crippen LogP contribution in [0.4, 0.5) is 0 Å². The van der Waals surface area contributed by atoms with Crippen molar-refractivity contribution >= 4 is 17.9 Å². The van der Waals surface area contributed by atoms with Crippen LogP contribution < -0.4 is 0 Å². The van der Waals surface area contributed by atoms with Crippen LogP contribution in [-0.2, 0) is 18.9 Å². The summed E-state index contributed by atoms with van der Waals surface area (Å²) in [6.07, 6.45) is -5.89. The van der Waals surface area contributed by atoms with E-state index in [1.165, 1.54) is 43.3 Å². The predicted molar refractivity (Wildman–Crippen MR) is 130 cm³/mol. The lowest BCUT2D eigenvalue weighted by atomic mass is 9.92. The first-order valence-electron chi connectivity index (χ1n) is 11.6. The third-order valence-corrected chi connectivity index (χ3v) is 5.84. The summed E-state index contributed by atoms with van der Waals surface area (Å²) in [6.45, 7) is 0.513. The fourth-order valence-electron chi connectivity index (χ4n) is 4.01. The second kappa shape index (κ2) is 11.3. The van der Waals surface area contributed by atoms with Crippen LogP contribution in [0.5, 0.6) is 0 Å². The van der Waals surface area contributed by atoms with Gasteiger partial charge in [-0.25, -0.2) is 14.4 Å². The zero-order chi connectivity index (χ0) is 26.4. The molecule has 0 aliphatic carbocycles. The zero-order valence-corrected chi connectivity index (χ0v) is 19.9. The first-order chi connectivity index (χ1) is 17.8. The fourth-order valence-corrected chi connectivity index (χ4v) is 4.01. The molecule has 9 nitrogen and oxygen atoms in total. The number of hydrogen-bond donors (Lipinski definition) is 2. The van der Waals surface area contributed by atoms with Gasteiger partial charge in [-0.05, 0) is 43.3 Å². The summed E-state index contributed by atoms with van der Waals surface area (Å²) < 4.78 is 22.5. The Kier molecular flexibility index (Phi) is 7.98. The van der Waals surface area contributed by atoms with Gasteiger partial charge in [0.1, 0.15) is 6.10 Å².